The smallest absolute Gasteiger partial charge is 0.326 e. The van der Waals surface area contributed by atoms with Gasteiger partial charge < -0.3 is 5.32 Å². The lowest BCUT2D eigenvalue weighted by Crippen LogP contribution is -2.29. The van der Waals surface area contributed by atoms with Crippen LogP contribution in [0.3, 0.4) is 0 Å². The molecule has 4 nitrogen and oxygen atoms in total. The van der Waals surface area contributed by atoms with E-state index < -0.39 is 17.6 Å². The van der Waals surface area contributed by atoms with E-state index in [1.54, 1.807) is 24.3 Å². The number of hydrogen-bond donors (Lipinski definition) is 1. The molecule has 1 saturated heterocycles. The molecule has 11 heteroatoms. The maximum Gasteiger partial charge on any atom is 0.418 e. The average Bonchev–Trinajstić information content (AvgIpc) is 2.98. The molecule has 0 atom stereocenters. The van der Waals surface area contributed by atoms with Crippen LogP contribution in [0.5, 0.6) is 0 Å². The van der Waals surface area contributed by atoms with E-state index in [1.807, 2.05) is 0 Å². The number of thiocarbonyl (C=S) groups is 1. The predicted molar refractivity (Wildman–Crippen MR) is 126 cm³/mol. The Kier molecular flexibility index (Phi) is 7.87. The molecule has 32 heavy (non-hydrogen) atoms. The number of para-hydroxylation sites is 1. The van der Waals surface area contributed by atoms with Crippen LogP contribution in [0.15, 0.2) is 47.4 Å². The van der Waals surface area contributed by atoms with Crippen LogP contribution in [0.2, 0.25) is 10.0 Å². The van der Waals surface area contributed by atoms with Crippen LogP contribution in [0, 0.1) is 0 Å². The molecule has 1 heterocycles. The molecule has 0 aliphatic carbocycles. The third kappa shape index (κ3) is 5.83. The molecule has 2 aromatic rings. The molecular weight excluding hydrogens is 504 g/mol. The first kappa shape index (κ1) is 24.6. The number of carbonyl (C=O) groups excluding carboxylic acids is 2. The van der Waals surface area contributed by atoms with Crippen LogP contribution in [-0.2, 0) is 15.8 Å². The number of rotatable bonds is 6. The Morgan fingerprint density at radius 2 is 1.88 bits per heavy atom. The highest BCUT2D eigenvalue weighted by Crippen LogP contribution is 2.36. The summed E-state index contributed by atoms with van der Waals surface area (Å²) in [5, 5.41) is 2.95. The molecule has 3 rings (SSSR count). The largest absolute Gasteiger partial charge is 0.418 e. The summed E-state index contributed by atoms with van der Waals surface area (Å²) in [6.07, 6.45) is -2.85. The quantitative estimate of drug-likeness (QED) is 0.344. The fourth-order valence-electron chi connectivity index (χ4n) is 2.92. The van der Waals surface area contributed by atoms with E-state index in [0.717, 1.165) is 17.8 Å². The minimum absolute atomic E-state index is 0.0809. The van der Waals surface area contributed by atoms with Gasteiger partial charge in [-0.2, -0.15) is 13.2 Å². The van der Waals surface area contributed by atoms with Crippen molar-refractivity contribution in [2.75, 3.05) is 11.9 Å². The number of benzene rings is 2. The van der Waals surface area contributed by atoms with Gasteiger partial charge in [0, 0.05) is 13.0 Å². The van der Waals surface area contributed by atoms with E-state index in [0.29, 0.717) is 24.8 Å². The SMILES string of the molecule is O=C(CCCN1C(=O)/C(=C/c2cccc(Cl)c2Cl)SC1=S)Nc1ccccc1C(F)(F)F. The zero-order chi connectivity index (χ0) is 23.5. The van der Waals surface area contributed by atoms with Crippen molar-refractivity contribution in [2.24, 2.45) is 0 Å². The standard InChI is InChI=1S/C21H15Cl2F3N2O2S2/c22-14-7-3-5-12(18(14)23)11-16-19(30)28(20(31)32-16)10-4-9-17(29)27-15-8-2-1-6-13(15)21(24,25)26/h1-3,5-8,11H,4,9-10H2,(H,27,29)/b16-11-. The highest BCUT2D eigenvalue weighted by Gasteiger charge is 2.34. The molecule has 1 aliphatic rings. The highest BCUT2D eigenvalue weighted by atomic mass is 35.5. The zero-order valence-electron chi connectivity index (χ0n) is 16.2. The first-order valence-corrected chi connectivity index (χ1v) is 11.2. The Bertz CT molecular complexity index is 1110. The normalized spacial score (nSPS) is 15.5. The Balaban J connectivity index is 1.59. The van der Waals surface area contributed by atoms with Gasteiger partial charge in [-0.1, -0.05) is 71.4 Å². The molecule has 168 valence electrons. The monoisotopic (exact) mass is 518 g/mol. The van der Waals surface area contributed by atoms with E-state index >= 15 is 0 Å². The van der Waals surface area contributed by atoms with Gasteiger partial charge in [0.15, 0.2) is 0 Å². The third-order valence-electron chi connectivity index (χ3n) is 4.43. The molecule has 0 saturated carbocycles. The molecule has 2 amide bonds. The molecule has 2 aromatic carbocycles. The summed E-state index contributed by atoms with van der Waals surface area (Å²) in [5.74, 6) is -0.924. The van der Waals surface area contributed by atoms with Crippen molar-refractivity contribution in [1.82, 2.24) is 4.90 Å². The van der Waals surface area contributed by atoms with E-state index in [1.165, 1.54) is 23.1 Å². The van der Waals surface area contributed by atoms with Gasteiger partial charge in [-0.25, -0.2) is 0 Å². The minimum Gasteiger partial charge on any atom is -0.326 e. The van der Waals surface area contributed by atoms with Crippen LogP contribution in [0.1, 0.15) is 24.0 Å². The number of hydrogen-bond acceptors (Lipinski definition) is 4. The zero-order valence-corrected chi connectivity index (χ0v) is 19.4. The van der Waals surface area contributed by atoms with E-state index in [9.17, 15) is 22.8 Å². The first-order chi connectivity index (χ1) is 15.1. The lowest BCUT2D eigenvalue weighted by atomic mass is 10.1. The van der Waals surface area contributed by atoms with E-state index in [4.69, 9.17) is 35.4 Å². The summed E-state index contributed by atoms with van der Waals surface area (Å²) in [6.45, 7) is 0.152. The summed E-state index contributed by atoms with van der Waals surface area (Å²) < 4.78 is 39.5. The Morgan fingerprint density at radius 3 is 2.59 bits per heavy atom. The fourth-order valence-corrected chi connectivity index (χ4v) is 4.58. The molecular formula is C21H15Cl2F3N2O2S2. The van der Waals surface area contributed by atoms with Gasteiger partial charge in [0.1, 0.15) is 4.32 Å². The maximum atomic E-state index is 13.0. The lowest BCUT2D eigenvalue weighted by Gasteiger charge is -2.15. The van der Waals surface area contributed by atoms with Gasteiger partial charge in [0.05, 0.1) is 26.2 Å². The summed E-state index contributed by atoms with van der Waals surface area (Å²) in [7, 11) is 0. The van der Waals surface area contributed by atoms with E-state index in [-0.39, 0.29) is 31.0 Å². The van der Waals surface area contributed by atoms with Crippen LogP contribution in [-0.4, -0.2) is 27.6 Å². The van der Waals surface area contributed by atoms with E-state index in [2.05, 4.69) is 5.32 Å². The number of thioether (sulfide) groups is 1. The number of nitrogens with zero attached hydrogens (tertiary/aromatic N) is 1. The topological polar surface area (TPSA) is 49.4 Å². The molecule has 1 aliphatic heterocycles. The molecule has 0 spiro atoms. The summed E-state index contributed by atoms with van der Waals surface area (Å²) >= 11 is 18.5. The van der Waals surface area contributed by atoms with Crippen molar-refractivity contribution in [1.29, 1.82) is 0 Å². The second-order valence-corrected chi connectivity index (χ2v) is 9.13. The molecule has 0 bridgehead atoms. The molecule has 0 aromatic heterocycles. The molecule has 1 N–H and O–H groups in total. The van der Waals surface area contributed by atoms with Gasteiger partial charge in [0.25, 0.3) is 5.91 Å². The molecule has 1 fully saturated rings. The second kappa shape index (κ2) is 10.2. The minimum atomic E-state index is -4.58. The third-order valence-corrected chi connectivity index (χ3v) is 6.65. The predicted octanol–water partition coefficient (Wildman–Crippen LogP) is 6.63. The van der Waals surface area contributed by atoms with Gasteiger partial charge in [0.2, 0.25) is 5.91 Å². The number of halogens is 5. The molecule has 0 radical (unpaired) electrons. The van der Waals surface area contributed by atoms with Crippen molar-refractivity contribution in [3.8, 4) is 0 Å². The van der Waals surface area contributed by atoms with Crippen LogP contribution >= 0.6 is 47.2 Å². The van der Waals surface area contributed by atoms with Crippen LogP contribution < -0.4 is 5.32 Å². The molecule has 0 unspecified atom stereocenters. The number of anilines is 1. The summed E-state index contributed by atoms with van der Waals surface area (Å²) in [6, 6.07) is 9.79. The second-order valence-electron chi connectivity index (χ2n) is 6.67. The van der Waals surface area contributed by atoms with Gasteiger partial charge in [-0.15, -0.1) is 0 Å². The van der Waals surface area contributed by atoms with Crippen molar-refractivity contribution < 1.29 is 22.8 Å². The number of nitrogens with one attached hydrogen (secondary N) is 1. The fraction of sp³-hybridized carbons (Fsp3) is 0.190. The Hall–Kier alpha value is -2.07. The van der Waals surface area contributed by atoms with Crippen LogP contribution in [0.4, 0.5) is 18.9 Å². The first-order valence-electron chi connectivity index (χ1n) is 9.23. The van der Waals surface area contributed by atoms with Crippen molar-refractivity contribution in [3.63, 3.8) is 0 Å². The number of amides is 2. The average molecular weight is 519 g/mol. The Labute approximate surface area is 201 Å². The van der Waals surface area contributed by atoms with Crippen molar-refractivity contribution >= 4 is 75.1 Å². The number of alkyl halides is 3. The summed E-state index contributed by atoms with van der Waals surface area (Å²) in [4.78, 5) is 26.5. The van der Waals surface area contributed by atoms with Crippen LogP contribution in [0.25, 0.3) is 6.08 Å². The Morgan fingerprint density at radius 1 is 1.16 bits per heavy atom. The highest BCUT2D eigenvalue weighted by molar-refractivity contribution is 8.26. The van der Waals surface area contributed by atoms with Gasteiger partial charge in [-0.05, 0) is 36.3 Å². The van der Waals surface area contributed by atoms with Crippen molar-refractivity contribution in [3.05, 3.63) is 68.5 Å². The number of carbonyl (C=O) groups is 2. The summed E-state index contributed by atoms with van der Waals surface area (Å²) in [5.41, 5.74) is -0.658. The van der Waals surface area contributed by atoms with Gasteiger partial charge >= 0.3 is 6.18 Å². The maximum absolute atomic E-state index is 13.0. The van der Waals surface area contributed by atoms with Crippen molar-refractivity contribution in [2.45, 2.75) is 19.0 Å². The lowest BCUT2D eigenvalue weighted by molar-refractivity contribution is -0.137. The van der Waals surface area contributed by atoms with Gasteiger partial charge in [-0.3, -0.25) is 14.5 Å².